The molecule has 8 heteroatoms. The largest absolute Gasteiger partial charge is 0.393 e. The Bertz CT molecular complexity index is 660. The molecule has 0 atom stereocenters. The molecule has 0 aliphatic rings. The number of nitrogen functional groups attached to an aromatic ring is 1. The molecule has 2 rings (SSSR count). The van der Waals surface area contributed by atoms with Crippen molar-refractivity contribution in [2.75, 3.05) is 36.7 Å². The first kappa shape index (κ1) is 16.5. The number of nitrogens with one attached hydrogen (secondary N) is 3. The Balaban J connectivity index is 1.98. The first-order chi connectivity index (χ1) is 11.1. The van der Waals surface area contributed by atoms with Crippen LogP contribution in [0.15, 0.2) is 30.6 Å². The summed E-state index contributed by atoms with van der Waals surface area (Å²) in [7, 11) is 1.61. The van der Waals surface area contributed by atoms with Crippen LogP contribution >= 0.6 is 0 Å². The van der Waals surface area contributed by atoms with Gasteiger partial charge < -0.3 is 15.8 Å². The van der Waals surface area contributed by atoms with Gasteiger partial charge >= 0.3 is 0 Å². The van der Waals surface area contributed by atoms with Crippen molar-refractivity contribution in [3.05, 3.63) is 41.7 Å². The normalized spacial score (nSPS) is 10.2. The Labute approximate surface area is 134 Å². The fourth-order valence-electron chi connectivity index (χ4n) is 1.80. The molecule has 0 spiro atoms. The van der Waals surface area contributed by atoms with Gasteiger partial charge in [0.05, 0.1) is 6.61 Å². The topological polar surface area (TPSA) is 114 Å². The van der Waals surface area contributed by atoms with Gasteiger partial charge in [-0.05, 0) is 19.1 Å². The number of nitrogens with zero attached hydrogens (tertiary/aromatic N) is 2. The van der Waals surface area contributed by atoms with Crippen LogP contribution in [0.1, 0.15) is 15.9 Å². The molecule has 1 amide bonds. The van der Waals surface area contributed by atoms with Crippen LogP contribution in [0.3, 0.4) is 0 Å². The van der Waals surface area contributed by atoms with E-state index in [1.54, 1.807) is 19.2 Å². The summed E-state index contributed by atoms with van der Waals surface area (Å²) in [4.78, 5) is 20.1. The van der Waals surface area contributed by atoms with Crippen LogP contribution < -0.4 is 21.9 Å². The molecule has 1 aromatic carbocycles. The molecule has 0 fully saturated rings. The lowest BCUT2D eigenvalue weighted by Gasteiger charge is -2.13. The summed E-state index contributed by atoms with van der Waals surface area (Å²) in [6, 6.07) is 7.22. The Morgan fingerprint density at radius 2 is 1.91 bits per heavy atom. The molecule has 0 aliphatic carbocycles. The molecule has 0 radical (unpaired) electrons. The highest BCUT2D eigenvalue weighted by Crippen LogP contribution is 2.21. The quantitative estimate of drug-likeness (QED) is 0.448. The SMILES string of the molecule is COCCNc1ncnc(NNC(=O)c2ccc(C)cc2)c1N. The van der Waals surface area contributed by atoms with Crippen molar-refractivity contribution in [3.63, 3.8) is 0 Å². The van der Waals surface area contributed by atoms with Gasteiger partial charge in [-0.3, -0.25) is 15.6 Å². The van der Waals surface area contributed by atoms with E-state index in [1.807, 2.05) is 19.1 Å². The van der Waals surface area contributed by atoms with Gasteiger partial charge in [-0.15, -0.1) is 0 Å². The molecule has 0 saturated carbocycles. The summed E-state index contributed by atoms with van der Waals surface area (Å²) in [6.07, 6.45) is 1.35. The summed E-state index contributed by atoms with van der Waals surface area (Å²) in [5.41, 5.74) is 13.2. The maximum Gasteiger partial charge on any atom is 0.269 e. The zero-order valence-electron chi connectivity index (χ0n) is 13.1. The second-order valence-corrected chi connectivity index (χ2v) is 4.85. The third-order valence-electron chi connectivity index (χ3n) is 3.09. The highest BCUT2D eigenvalue weighted by atomic mass is 16.5. The number of aryl methyl sites for hydroxylation is 1. The lowest BCUT2D eigenvalue weighted by molar-refractivity contribution is 0.0962. The number of ether oxygens (including phenoxy) is 1. The minimum Gasteiger partial charge on any atom is -0.393 e. The Morgan fingerprint density at radius 1 is 1.22 bits per heavy atom. The van der Waals surface area contributed by atoms with E-state index in [2.05, 4.69) is 26.1 Å². The molecule has 5 N–H and O–H groups in total. The third kappa shape index (κ3) is 4.55. The van der Waals surface area contributed by atoms with Crippen LogP contribution in [0.5, 0.6) is 0 Å². The van der Waals surface area contributed by atoms with Gasteiger partial charge in [-0.1, -0.05) is 17.7 Å². The average Bonchev–Trinajstić information content (AvgIpc) is 2.56. The predicted octanol–water partition coefficient (Wildman–Crippen LogP) is 1.18. The second-order valence-electron chi connectivity index (χ2n) is 4.85. The minimum atomic E-state index is -0.281. The van der Waals surface area contributed by atoms with E-state index in [9.17, 15) is 4.79 Å². The number of methoxy groups -OCH3 is 1. The number of amides is 1. The molecule has 0 aliphatic heterocycles. The van der Waals surface area contributed by atoms with Crippen molar-refractivity contribution in [3.8, 4) is 0 Å². The second kappa shape index (κ2) is 7.95. The van der Waals surface area contributed by atoms with Crippen LogP contribution in [-0.2, 0) is 4.74 Å². The summed E-state index contributed by atoms with van der Waals surface area (Å²) in [6.45, 7) is 3.04. The maximum atomic E-state index is 12.0. The van der Waals surface area contributed by atoms with Crippen molar-refractivity contribution in [1.82, 2.24) is 15.4 Å². The number of anilines is 3. The van der Waals surface area contributed by atoms with Crippen molar-refractivity contribution in [2.24, 2.45) is 0 Å². The van der Waals surface area contributed by atoms with E-state index in [1.165, 1.54) is 6.33 Å². The lowest BCUT2D eigenvalue weighted by Crippen LogP contribution is -2.30. The lowest BCUT2D eigenvalue weighted by atomic mass is 10.1. The maximum absolute atomic E-state index is 12.0. The van der Waals surface area contributed by atoms with Crippen molar-refractivity contribution < 1.29 is 9.53 Å². The first-order valence-corrected chi connectivity index (χ1v) is 7.08. The highest BCUT2D eigenvalue weighted by Gasteiger charge is 2.09. The molecule has 23 heavy (non-hydrogen) atoms. The summed E-state index contributed by atoms with van der Waals surface area (Å²) >= 11 is 0. The van der Waals surface area contributed by atoms with Gasteiger partial charge in [-0.2, -0.15) is 0 Å². The number of hydrogen-bond donors (Lipinski definition) is 4. The van der Waals surface area contributed by atoms with E-state index in [-0.39, 0.29) is 5.91 Å². The van der Waals surface area contributed by atoms with Crippen LogP contribution in [0.2, 0.25) is 0 Å². The number of hydrogen-bond acceptors (Lipinski definition) is 7. The average molecular weight is 316 g/mol. The zero-order chi connectivity index (χ0) is 16.7. The highest BCUT2D eigenvalue weighted by molar-refractivity contribution is 5.95. The van der Waals surface area contributed by atoms with Gasteiger partial charge in [0.25, 0.3) is 5.91 Å². The first-order valence-electron chi connectivity index (χ1n) is 7.08. The molecule has 0 saturated heterocycles. The number of rotatable bonds is 7. The molecule has 0 bridgehead atoms. The predicted molar refractivity (Wildman–Crippen MR) is 89.1 cm³/mol. The molecule has 1 heterocycles. The van der Waals surface area contributed by atoms with Gasteiger partial charge in [0.15, 0.2) is 11.6 Å². The molecule has 0 unspecified atom stereocenters. The van der Waals surface area contributed by atoms with Crippen LogP contribution in [0.25, 0.3) is 0 Å². The monoisotopic (exact) mass is 316 g/mol. The number of carbonyl (C=O) groups is 1. The van der Waals surface area contributed by atoms with Crippen molar-refractivity contribution >= 4 is 23.2 Å². The summed E-state index contributed by atoms with van der Waals surface area (Å²) in [5, 5.41) is 3.03. The van der Waals surface area contributed by atoms with Crippen LogP contribution in [0.4, 0.5) is 17.3 Å². The smallest absolute Gasteiger partial charge is 0.269 e. The fraction of sp³-hybridized carbons (Fsp3) is 0.267. The van der Waals surface area contributed by atoms with Gasteiger partial charge in [0.2, 0.25) is 0 Å². The molecular formula is C15H20N6O2. The summed E-state index contributed by atoms with van der Waals surface area (Å²) < 4.78 is 4.95. The van der Waals surface area contributed by atoms with Crippen molar-refractivity contribution in [2.45, 2.75) is 6.92 Å². The van der Waals surface area contributed by atoms with E-state index >= 15 is 0 Å². The fourth-order valence-corrected chi connectivity index (χ4v) is 1.80. The van der Waals surface area contributed by atoms with E-state index < -0.39 is 0 Å². The summed E-state index contributed by atoms with van der Waals surface area (Å²) in [5.74, 6) is 0.515. The molecular weight excluding hydrogens is 296 g/mol. The van der Waals surface area contributed by atoms with E-state index in [0.717, 1.165) is 5.56 Å². The van der Waals surface area contributed by atoms with Gasteiger partial charge in [0, 0.05) is 19.2 Å². The number of aromatic nitrogens is 2. The standard InChI is InChI=1S/C15H20N6O2/c1-10-3-5-11(6-4-10)15(22)21-20-14-12(16)13(18-9-19-14)17-7-8-23-2/h3-6,9H,7-8,16H2,1-2H3,(H,21,22)(H2,17,18,19,20). The third-order valence-corrected chi connectivity index (χ3v) is 3.09. The van der Waals surface area contributed by atoms with Gasteiger partial charge in [0.1, 0.15) is 12.0 Å². The van der Waals surface area contributed by atoms with Crippen molar-refractivity contribution in [1.29, 1.82) is 0 Å². The number of hydrazine groups is 1. The Morgan fingerprint density at radius 3 is 2.61 bits per heavy atom. The number of benzene rings is 1. The van der Waals surface area contributed by atoms with Crippen LogP contribution in [-0.4, -0.2) is 36.1 Å². The number of carbonyl (C=O) groups excluding carboxylic acids is 1. The molecule has 2 aromatic rings. The van der Waals surface area contributed by atoms with E-state index in [4.69, 9.17) is 10.5 Å². The van der Waals surface area contributed by atoms with Crippen LogP contribution in [0, 0.1) is 6.92 Å². The Kier molecular flexibility index (Phi) is 5.70. The van der Waals surface area contributed by atoms with E-state index in [0.29, 0.717) is 36.0 Å². The van der Waals surface area contributed by atoms with Gasteiger partial charge in [-0.25, -0.2) is 9.97 Å². The zero-order valence-corrected chi connectivity index (χ0v) is 13.1. The minimum absolute atomic E-state index is 0.281. The number of nitrogens with two attached hydrogens (primary N) is 1. The molecule has 1 aromatic heterocycles. The molecule has 122 valence electrons. The molecule has 8 nitrogen and oxygen atoms in total. The Hall–Kier alpha value is -2.87.